The van der Waals surface area contributed by atoms with Crippen molar-refractivity contribution in [2.45, 2.75) is 33.1 Å². The van der Waals surface area contributed by atoms with Gasteiger partial charge in [-0.1, -0.05) is 36.4 Å². The highest BCUT2D eigenvalue weighted by atomic mass is 16.5. The number of hydrogen-bond acceptors (Lipinski definition) is 5. The van der Waals surface area contributed by atoms with Crippen molar-refractivity contribution in [1.29, 1.82) is 5.26 Å². The van der Waals surface area contributed by atoms with Crippen molar-refractivity contribution < 1.29 is 14.3 Å². The number of allylic oxidation sites excluding steroid dienone is 1. The van der Waals surface area contributed by atoms with Gasteiger partial charge >= 0.3 is 5.97 Å². The molecule has 3 aromatic rings. The summed E-state index contributed by atoms with van der Waals surface area (Å²) >= 11 is 0. The van der Waals surface area contributed by atoms with Crippen LogP contribution in [0.1, 0.15) is 49.0 Å². The molecule has 35 heavy (non-hydrogen) atoms. The van der Waals surface area contributed by atoms with E-state index >= 15 is 0 Å². The van der Waals surface area contributed by atoms with E-state index in [1.807, 2.05) is 55.3 Å². The summed E-state index contributed by atoms with van der Waals surface area (Å²) in [5, 5.41) is 13.8. The number of unbranched alkanes of at least 4 members (excludes halogenated alkanes) is 2. The van der Waals surface area contributed by atoms with E-state index in [4.69, 9.17) is 10.00 Å². The molecule has 0 atom stereocenters. The predicted octanol–water partition coefficient (Wildman–Crippen LogP) is 6.19. The molecule has 0 saturated carbocycles. The Morgan fingerprint density at radius 1 is 1.06 bits per heavy atom. The number of esters is 1. The van der Waals surface area contributed by atoms with Crippen molar-refractivity contribution in [1.82, 2.24) is 0 Å². The third kappa shape index (κ3) is 6.94. The lowest BCUT2D eigenvalue weighted by molar-refractivity contribution is -0.111. The van der Waals surface area contributed by atoms with Gasteiger partial charge in [0.15, 0.2) is 0 Å². The molecule has 1 amide bonds. The lowest BCUT2D eigenvalue weighted by atomic mass is 10.0. The number of rotatable bonds is 10. The number of amides is 1. The average molecular weight is 470 g/mol. The third-order valence-corrected chi connectivity index (χ3v) is 5.78. The van der Waals surface area contributed by atoms with E-state index in [-0.39, 0.29) is 12.5 Å². The number of fused-ring (bicyclic) bond motifs is 1. The standard InChI is InChI=1S/C29H31N3O3/c1-4-35-29(34)26-20-25(32(3)17-9-5-8-16-30)14-15-27(26)31-28(33)18-21(2)23-13-12-22-10-6-7-11-24(22)19-23/h6-7,10-15,18-20H,4-5,8-9,17H2,1-3H3,(H,31,33)/b21-18-. The van der Waals surface area contributed by atoms with Crippen LogP contribution in [0.4, 0.5) is 11.4 Å². The topological polar surface area (TPSA) is 82.4 Å². The molecule has 0 fully saturated rings. The summed E-state index contributed by atoms with van der Waals surface area (Å²) in [5.41, 5.74) is 3.32. The normalized spacial score (nSPS) is 11.1. The molecule has 0 aliphatic carbocycles. The second-order valence-corrected chi connectivity index (χ2v) is 8.37. The quantitative estimate of drug-likeness (QED) is 0.217. The van der Waals surface area contributed by atoms with E-state index in [1.165, 1.54) is 6.08 Å². The van der Waals surface area contributed by atoms with Crippen molar-refractivity contribution in [3.05, 3.63) is 77.9 Å². The third-order valence-electron chi connectivity index (χ3n) is 5.78. The minimum atomic E-state index is -0.488. The Hall–Kier alpha value is -4.11. The van der Waals surface area contributed by atoms with Crippen LogP contribution in [0, 0.1) is 11.3 Å². The lowest BCUT2D eigenvalue weighted by Crippen LogP contribution is -2.20. The van der Waals surface area contributed by atoms with Crippen molar-refractivity contribution in [3.63, 3.8) is 0 Å². The van der Waals surface area contributed by atoms with Gasteiger partial charge in [0.2, 0.25) is 5.91 Å². The molecule has 0 bridgehead atoms. The van der Waals surface area contributed by atoms with Crippen molar-refractivity contribution in [2.75, 3.05) is 30.4 Å². The maximum Gasteiger partial charge on any atom is 0.340 e. The largest absolute Gasteiger partial charge is 0.462 e. The van der Waals surface area contributed by atoms with Gasteiger partial charge in [-0.05, 0) is 72.9 Å². The van der Waals surface area contributed by atoms with Crippen molar-refractivity contribution >= 4 is 39.6 Å². The Balaban J connectivity index is 1.79. The highest BCUT2D eigenvalue weighted by Gasteiger charge is 2.16. The molecule has 3 rings (SSSR count). The second kappa shape index (κ2) is 12.4. The zero-order chi connectivity index (χ0) is 25.2. The van der Waals surface area contributed by atoms with Crippen LogP contribution < -0.4 is 10.2 Å². The van der Waals surface area contributed by atoms with Gasteiger partial charge in [-0.3, -0.25) is 4.79 Å². The minimum absolute atomic E-state index is 0.238. The number of benzene rings is 3. The number of carbonyl (C=O) groups is 2. The average Bonchev–Trinajstić information content (AvgIpc) is 2.86. The molecule has 3 aromatic carbocycles. The summed E-state index contributed by atoms with van der Waals surface area (Å²) in [6.45, 7) is 4.63. The Morgan fingerprint density at radius 3 is 2.57 bits per heavy atom. The van der Waals surface area contributed by atoms with Gasteiger partial charge in [0.1, 0.15) is 0 Å². The van der Waals surface area contributed by atoms with Gasteiger partial charge in [-0.2, -0.15) is 5.26 Å². The summed E-state index contributed by atoms with van der Waals surface area (Å²) < 4.78 is 5.23. The molecule has 6 nitrogen and oxygen atoms in total. The summed E-state index contributed by atoms with van der Waals surface area (Å²) in [6, 6.07) is 21.6. The maximum atomic E-state index is 12.8. The van der Waals surface area contributed by atoms with E-state index < -0.39 is 5.97 Å². The first-order valence-electron chi connectivity index (χ1n) is 11.8. The van der Waals surface area contributed by atoms with E-state index in [9.17, 15) is 9.59 Å². The molecular weight excluding hydrogens is 438 g/mol. The molecule has 0 heterocycles. The van der Waals surface area contributed by atoms with E-state index in [0.29, 0.717) is 17.7 Å². The highest BCUT2D eigenvalue weighted by Crippen LogP contribution is 2.25. The van der Waals surface area contributed by atoms with Gasteiger partial charge in [-0.25, -0.2) is 4.79 Å². The van der Waals surface area contributed by atoms with Crippen LogP contribution in [0.3, 0.4) is 0 Å². The van der Waals surface area contributed by atoms with Crippen LogP contribution >= 0.6 is 0 Å². The molecule has 0 spiro atoms. The number of ether oxygens (including phenoxy) is 1. The zero-order valence-electron chi connectivity index (χ0n) is 20.5. The van der Waals surface area contributed by atoms with Crippen molar-refractivity contribution in [2.24, 2.45) is 0 Å². The fourth-order valence-corrected chi connectivity index (χ4v) is 3.82. The van der Waals surface area contributed by atoms with Crippen molar-refractivity contribution in [3.8, 4) is 6.07 Å². The summed E-state index contributed by atoms with van der Waals surface area (Å²) in [5.74, 6) is -0.809. The molecule has 6 heteroatoms. The number of nitriles is 1. The predicted molar refractivity (Wildman–Crippen MR) is 141 cm³/mol. The van der Waals surface area contributed by atoms with Gasteiger partial charge in [0, 0.05) is 31.8 Å². The van der Waals surface area contributed by atoms with E-state index in [2.05, 4.69) is 23.5 Å². The Labute approximate surface area is 206 Å². The van der Waals surface area contributed by atoms with Crippen LogP contribution in [0.5, 0.6) is 0 Å². The summed E-state index contributed by atoms with van der Waals surface area (Å²) in [7, 11) is 1.94. The molecule has 1 N–H and O–H groups in total. The molecule has 0 unspecified atom stereocenters. The van der Waals surface area contributed by atoms with Crippen LogP contribution in [0.15, 0.2) is 66.7 Å². The number of anilines is 2. The molecule has 0 aliphatic heterocycles. The number of nitrogens with one attached hydrogen (secondary N) is 1. The molecule has 180 valence electrons. The van der Waals surface area contributed by atoms with Crippen LogP contribution in [0.25, 0.3) is 16.3 Å². The van der Waals surface area contributed by atoms with E-state index in [0.717, 1.165) is 47.0 Å². The Bertz CT molecular complexity index is 1270. The van der Waals surface area contributed by atoms with Gasteiger partial charge in [0.05, 0.1) is 23.9 Å². The summed E-state index contributed by atoms with van der Waals surface area (Å²) in [4.78, 5) is 27.5. The molecule has 0 radical (unpaired) electrons. The Kier molecular flexibility index (Phi) is 9.02. The number of nitrogens with zero attached hydrogens (tertiary/aromatic N) is 2. The first kappa shape index (κ1) is 25.5. The lowest BCUT2D eigenvalue weighted by Gasteiger charge is -2.21. The van der Waals surface area contributed by atoms with Crippen LogP contribution in [0.2, 0.25) is 0 Å². The van der Waals surface area contributed by atoms with Gasteiger partial charge in [-0.15, -0.1) is 0 Å². The SMILES string of the molecule is CCOC(=O)c1cc(N(C)CCCCC#N)ccc1NC(=O)/C=C(/C)c1ccc2ccccc2c1. The smallest absolute Gasteiger partial charge is 0.340 e. The molecule has 0 aliphatic rings. The zero-order valence-corrected chi connectivity index (χ0v) is 20.5. The summed E-state index contributed by atoms with van der Waals surface area (Å²) in [6.07, 6.45) is 3.76. The monoisotopic (exact) mass is 469 g/mol. The second-order valence-electron chi connectivity index (χ2n) is 8.37. The Morgan fingerprint density at radius 2 is 1.83 bits per heavy atom. The van der Waals surface area contributed by atoms with Gasteiger partial charge in [0.25, 0.3) is 0 Å². The maximum absolute atomic E-state index is 12.8. The molecule has 0 aromatic heterocycles. The van der Waals surface area contributed by atoms with Gasteiger partial charge < -0.3 is 15.0 Å². The van der Waals surface area contributed by atoms with Crippen LogP contribution in [-0.2, 0) is 9.53 Å². The highest BCUT2D eigenvalue weighted by molar-refractivity contribution is 6.08. The first-order chi connectivity index (χ1) is 16.9. The fourth-order valence-electron chi connectivity index (χ4n) is 3.82. The fraction of sp³-hybridized carbons (Fsp3) is 0.276. The minimum Gasteiger partial charge on any atom is -0.462 e. The molecular formula is C29H31N3O3. The number of hydrogen-bond donors (Lipinski definition) is 1. The molecule has 0 saturated heterocycles. The van der Waals surface area contributed by atoms with Crippen LogP contribution in [-0.4, -0.2) is 32.1 Å². The first-order valence-corrected chi connectivity index (χ1v) is 11.8. The number of carbonyl (C=O) groups excluding carboxylic acids is 2. The van der Waals surface area contributed by atoms with E-state index in [1.54, 1.807) is 19.1 Å².